The minimum Gasteiger partial charge on any atom is -0.481 e. The van der Waals surface area contributed by atoms with Crippen molar-refractivity contribution in [3.63, 3.8) is 0 Å². The van der Waals surface area contributed by atoms with Crippen molar-refractivity contribution in [2.24, 2.45) is 0 Å². The summed E-state index contributed by atoms with van der Waals surface area (Å²) in [5, 5.41) is 0. The number of ether oxygens (including phenoxy) is 2. The summed E-state index contributed by atoms with van der Waals surface area (Å²) in [4.78, 5) is 43.3. The van der Waals surface area contributed by atoms with Crippen LogP contribution in [0.1, 0.15) is 32.6 Å². The van der Waals surface area contributed by atoms with Crippen LogP contribution < -0.4 is 15.2 Å². The zero-order valence-corrected chi connectivity index (χ0v) is 21.3. The number of carbonyl (C=O) groups excluding carboxylic acids is 1. The zero-order valence-electron chi connectivity index (χ0n) is 21.3. The smallest absolute Gasteiger partial charge is 0.294 e. The number of rotatable bonds is 10. The van der Waals surface area contributed by atoms with Gasteiger partial charge in [-0.05, 0) is 37.8 Å². The second-order valence-electron chi connectivity index (χ2n) is 8.96. The van der Waals surface area contributed by atoms with Gasteiger partial charge in [0, 0.05) is 62.9 Å². The van der Waals surface area contributed by atoms with E-state index in [2.05, 4.69) is 15.0 Å². The SMILES string of the molecule is CCCOCCn1c(=O)c(N(C)CC(=O)N2CCCCC2)nc2ncc(-c3ccc(OC)nc3)cc21. The average molecular weight is 495 g/mol. The molecule has 1 saturated heterocycles. The van der Waals surface area contributed by atoms with Crippen LogP contribution in [0.15, 0.2) is 35.4 Å². The molecule has 3 aromatic rings. The fourth-order valence-electron chi connectivity index (χ4n) is 4.33. The van der Waals surface area contributed by atoms with E-state index in [9.17, 15) is 9.59 Å². The van der Waals surface area contributed by atoms with Crippen LogP contribution in [0.4, 0.5) is 5.82 Å². The minimum absolute atomic E-state index is 0.00615. The molecule has 4 heterocycles. The molecule has 1 aliphatic heterocycles. The van der Waals surface area contributed by atoms with Gasteiger partial charge in [0.05, 0.1) is 25.8 Å². The third-order valence-corrected chi connectivity index (χ3v) is 6.32. The number of nitrogens with zero attached hydrogens (tertiary/aromatic N) is 6. The standard InChI is InChI=1S/C26H34N6O4/c1-4-13-36-14-12-32-21-15-20(19-8-9-22(35-3)27-16-19)17-28-24(21)29-25(26(32)34)30(2)18-23(33)31-10-6-5-7-11-31/h8-9,15-17H,4-7,10-14,18H2,1-3H3. The summed E-state index contributed by atoms with van der Waals surface area (Å²) in [5.74, 6) is 0.729. The lowest BCUT2D eigenvalue weighted by atomic mass is 10.1. The molecule has 0 N–H and O–H groups in total. The van der Waals surface area contributed by atoms with Gasteiger partial charge in [-0.25, -0.2) is 15.0 Å². The molecule has 0 atom stereocenters. The van der Waals surface area contributed by atoms with Crippen LogP contribution in [0.3, 0.4) is 0 Å². The van der Waals surface area contributed by atoms with Crippen molar-refractivity contribution < 1.29 is 14.3 Å². The first-order valence-electron chi connectivity index (χ1n) is 12.5. The van der Waals surface area contributed by atoms with Crippen LogP contribution in [-0.4, -0.2) is 77.3 Å². The Labute approximate surface area is 210 Å². The van der Waals surface area contributed by atoms with E-state index in [0.717, 1.165) is 49.9 Å². The third kappa shape index (κ3) is 5.81. The molecule has 3 aromatic heterocycles. The Morgan fingerprint density at radius 3 is 2.56 bits per heavy atom. The van der Waals surface area contributed by atoms with Crippen molar-refractivity contribution in [3.8, 4) is 17.0 Å². The second-order valence-corrected chi connectivity index (χ2v) is 8.96. The highest BCUT2D eigenvalue weighted by molar-refractivity contribution is 5.82. The van der Waals surface area contributed by atoms with Crippen molar-refractivity contribution in [1.29, 1.82) is 0 Å². The van der Waals surface area contributed by atoms with Gasteiger partial charge in [0.15, 0.2) is 11.5 Å². The summed E-state index contributed by atoms with van der Waals surface area (Å²) in [5.41, 5.74) is 2.42. The maximum absolute atomic E-state index is 13.6. The first-order chi connectivity index (χ1) is 17.5. The van der Waals surface area contributed by atoms with Crippen molar-refractivity contribution in [2.75, 3.05) is 51.9 Å². The van der Waals surface area contributed by atoms with E-state index in [-0.39, 0.29) is 23.8 Å². The number of aromatic nitrogens is 4. The molecule has 1 fully saturated rings. The molecule has 0 unspecified atom stereocenters. The van der Waals surface area contributed by atoms with Gasteiger partial charge in [0.1, 0.15) is 0 Å². The Morgan fingerprint density at radius 2 is 1.86 bits per heavy atom. The van der Waals surface area contributed by atoms with E-state index in [4.69, 9.17) is 9.47 Å². The quantitative estimate of drug-likeness (QED) is 0.397. The van der Waals surface area contributed by atoms with Crippen LogP contribution in [0, 0.1) is 0 Å². The molecule has 4 rings (SSSR count). The van der Waals surface area contributed by atoms with Crippen molar-refractivity contribution in [3.05, 3.63) is 40.9 Å². The number of amides is 1. The lowest BCUT2D eigenvalue weighted by Gasteiger charge is -2.29. The van der Waals surface area contributed by atoms with Crippen LogP contribution in [0.5, 0.6) is 5.88 Å². The first kappa shape index (κ1) is 25.6. The number of carbonyl (C=O) groups is 1. The zero-order chi connectivity index (χ0) is 25.5. The Hall–Kier alpha value is -3.53. The van der Waals surface area contributed by atoms with Crippen LogP contribution in [0.2, 0.25) is 0 Å². The Kier molecular flexibility index (Phi) is 8.48. The second kappa shape index (κ2) is 11.9. The van der Waals surface area contributed by atoms with E-state index in [1.165, 1.54) is 0 Å². The number of hydrogen-bond donors (Lipinski definition) is 0. The van der Waals surface area contributed by atoms with Gasteiger partial charge in [0.2, 0.25) is 11.8 Å². The lowest BCUT2D eigenvalue weighted by molar-refractivity contribution is -0.130. The predicted molar refractivity (Wildman–Crippen MR) is 138 cm³/mol. The number of fused-ring (bicyclic) bond motifs is 1. The highest BCUT2D eigenvalue weighted by Crippen LogP contribution is 2.23. The average Bonchev–Trinajstić information content (AvgIpc) is 2.92. The Balaban J connectivity index is 1.68. The first-order valence-corrected chi connectivity index (χ1v) is 12.5. The topological polar surface area (TPSA) is 103 Å². The van der Waals surface area contributed by atoms with E-state index < -0.39 is 0 Å². The molecule has 192 valence electrons. The molecular formula is C26H34N6O4. The molecule has 0 radical (unpaired) electrons. The number of likely N-dealkylation sites (N-methyl/N-ethyl adjacent to an activating group) is 1. The number of anilines is 1. The van der Waals surface area contributed by atoms with Gasteiger partial charge in [0.25, 0.3) is 5.56 Å². The molecule has 0 saturated carbocycles. The van der Waals surface area contributed by atoms with Gasteiger partial charge in [-0.15, -0.1) is 0 Å². The maximum Gasteiger partial charge on any atom is 0.294 e. The molecule has 1 amide bonds. The number of likely N-dealkylation sites (tertiary alicyclic amines) is 1. The number of piperidine rings is 1. The Bertz CT molecular complexity index is 1240. The molecule has 0 bridgehead atoms. The predicted octanol–water partition coefficient (Wildman–Crippen LogP) is 2.74. The lowest BCUT2D eigenvalue weighted by Crippen LogP contribution is -2.43. The number of pyridine rings is 2. The van der Waals surface area contributed by atoms with E-state index in [1.807, 2.05) is 24.0 Å². The Morgan fingerprint density at radius 1 is 1.08 bits per heavy atom. The molecule has 0 spiro atoms. The monoisotopic (exact) mass is 494 g/mol. The molecular weight excluding hydrogens is 460 g/mol. The van der Waals surface area contributed by atoms with Gasteiger partial charge < -0.3 is 19.3 Å². The normalized spacial score (nSPS) is 13.7. The summed E-state index contributed by atoms with van der Waals surface area (Å²) in [7, 11) is 3.30. The van der Waals surface area contributed by atoms with E-state index >= 15 is 0 Å². The summed E-state index contributed by atoms with van der Waals surface area (Å²) in [6.07, 6.45) is 7.50. The molecule has 0 aromatic carbocycles. The van der Waals surface area contributed by atoms with Gasteiger partial charge in [-0.1, -0.05) is 6.92 Å². The summed E-state index contributed by atoms with van der Waals surface area (Å²) in [6, 6.07) is 5.56. The number of hydrogen-bond acceptors (Lipinski definition) is 8. The van der Waals surface area contributed by atoms with Gasteiger partial charge in [-0.2, -0.15) is 0 Å². The van der Waals surface area contributed by atoms with Crippen molar-refractivity contribution in [1.82, 2.24) is 24.4 Å². The summed E-state index contributed by atoms with van der Waals surface area (Å²) >= 11 is 0. The maximum atomic E-state index is 13.6. The van der Waals surface area contributed by atoms with E-state index in [1.54, 1.807) is 42.1 Å². The fraction of sp³-hybridized carbons (Fsp3) is 0.500. The van der Waals surface area contributed by atoms with Crippen molar-refractivity contribution in [2.45, 2.75) is 39.2 Å². The fourth-order valence-corrected chi connectivity index (χ4v) is 4.33. The van der Waals surface area contributed by atoms with Crippen molar-refractivity contribution >= 4 is 22.9 Å². The van der Waals surface area contributed by atoms with Crippen LogP contribution in [0.25, 0.3) is 22.3 Å². The van der Waals surface area contributed by atoms with Crippen LogP contribution in [-0.2, 0) is 16.1 Å². The van der Waals surface area contributed by atoms with Crippen LogP contribution >= 0.6 is 0 Å². The minimum atomic E-state index is -0.275. The number of methoxy groups -OCH3 is 1. The highest BCUT2D eigenvalue weighted by Gasteiger charge is 2.22. The molecule has 1 aliphatic rings. The molecule has 10 heteroatoms. The third-order valence-electron chi connectivity index (χ3n) is 6.32. The van der Waals surface area contributed by atoms with Gasteiger partial charge in [-0.3, -0.25) is 14.2 Å². The highest BCUT2D eigenvalue weighted by atomic mass is 16.5. The molecule has 36 heavy (non-hydrogen) atoms. The van der Waals surface area contributed by atoms with Gasteiger partial charge >= 0.3 is 0 Å². The molecule has 0 aliphatic carbocycles. The largest absolute Gasteiger partial charge is 0.481 e. The summed E-state index contributed by atoms with van der Waals surface area (Å²) in [6.45, 7) is 5.02. The van der Waals surface area contributed by atoms with E-state index in [0.29, 0.717) is 36.8 Å². The summed E-state index contributed by atoms with van der Waals surface area (Å²) < 4.78 is 12.5. The molecule has 10 nitrogen and oxygen atoms in total.